The predicted octanol–water partition coefficient (Wildman–Crippen LogP) is 7.00. The lowest BCUT2D eigenvalue weighted by atomic mass is 10.1. The fourth-order valence-corrected chi connectivity index (χ4v) is 5.67. The van der Waals surface area contributed by atoms with Crippen molar-refractivity contribution < 1.29 is 19.1 Å². The first-order chi connectivity index (χ1) is 19.1. The second-order valence-electron chi connectivity index (χ2n) is 9.06. The largest absolute Gasteiger partial charge is 0.497 e. The first-order valence-electron chi connectivity index (χ1n) is 12.6. The van der Waals surface area contributed by atoms with Gasteiger partial charge in [0.1, 0.15) is 11.6 Å². The van der Waals surface area contributed by atoms with Gasteiger partial charge in [0.05, 0.1) is 35.1 Å². The molecule has 1 aliphatic heterocycles. The summed E-state index contributed by atoms with van der Waals surface area (Å²) in [7, 11) is 1.62. The van der Waals surface area contributed by atoms with Crippen LogP contribution in [-0.4, -0.2) is 35.1 Å². The number of methoxy groups -OCH3 is 1. The van der Waals surface area contributed by atoms with Crippen molar-refractivity contribution in [3.05, 3.63) is 96.6 Å². The minimum atomic E-state index is -0.950. The number of esters is 1. The number of nitrogens with zero attached hydrogens (tertiary/aromatic N) is 2. The molecule has 0 spiro atoms. The highest BCUT2D eigenvalue weighted by Crippen LogP contribution is 2.48. The molecule has 1 aromatic heterocycles. The monoisotopic (exact) mass is 535 g/mol. The van der Waals surface area contributed by atoms with Gasteiger partial charge in [0.25, 0.3) is 5.91 Å². The molecule has 1 atom stereocenters. The molecule has 0 saturated carbocycles. The molecule has 39 heavy (non-hydrogen) atoms. The minimum Gasteiger partial charge on any atom is -0.497 e. The molecule has 1 amide bonds. The molecular weight excluding hydrogens is 510 g/mol. The van der Waals surface area contributed by atoms with E-state index >= 15 is 0 Å². The van der Waals surface area contributed by atoms with Crippen molar-refractivity contribution in [2.24, 2.45) is 0 Å². The van der Waals surface area contributed by atoms with Crippen molar-refractivity contribution >= 4 is 46.0 Å². The molecule has 0 fully saturated rings. The zero-order chi connectivity index (χ0) is 26.9. The van der Waals surface area contributed by atoms with E-state index in [0.717, 1.165) is 38.0 Å². The molecule has 0 radical (unpaired) electrons. The van der Waals surface area contributed by atoms with E-state index in [-0.39, 0.29) is 5.91 Å². The van der Waals surface area contributed by atoms with E-state index in [0.29, 0.717) is 23.3 Å². The summed E-state index contributed by atoms with van der Waals surface area (Å²) in [4.78, 5) is 38.6. The molecule has 0 aliphatic carbocycles. The number of hydrogen-bond acceptors (Lipinski definition) is 6. The number of anilines is 2. The number of fused-ring (bicyclic) bond motifs is 3. The Morgan fingerprint density at radius 2 is 1.59 bits per heavy atom. The molecule has 6 rings (SSSR count). The minimum absolute atomic E-state index is 0.282. The van der Waals surface area contributed by atoms with Gasteiger partial charge in [0.15, 0.2) is 6.10 Å². The number of amides is 1. The van der Waals surface area contributed by atoms with Gasteiger partial charge in [-0.2, -0.15) is 0 Å². The Labute approximate surface area is 229 Å². The van der Waals surface area contributed by atoms with Gasteiger partial charge in [0, 0.05) is 15.4 Å². The summed E-state index contributed by atoms with van der Waals surface area (Å²) in [6.07, 6.45) is -0.610. The third-order valence-electron chi connectivity index (χ3n) is 6.63. The van der Waals surface area contributed by atoms with Crippen LogP contribution in [0.1, 0.15) is 23.7 Å². The van der Waals surface area contributed by atoms with Crippen LogP contribution in [0.2, 0.25) is 0 Å². The maximum absolute atomic E-state index is 13.9. The van der Waals surface area contributed by atoms with Gasteiger partial charge in [-0.3, -0.25) is 9.69 Å². The van der Waals surface area contributed by atoms with Gasteiger partial charge in [-0.1, -0.05) is 43.0 Å². The van der Waals surface area contributed by atoms with E-state index in [4.69, 9.17) is 9.47 Å². The highest BCUT2D eigenvalue weighted by Gasteiger charge is 2.34. The number of hydrogen-bond donors (Lipinski definition) is 1. The van der Waals surface area contributed by atoms with Crippen molar-refractivity contribution in [1.82, 2.24) is 9.97 Å². The van der Waals surface area contributed by atoms with Crippen LogP contribution < -0.4 is 9.64 Å². The van der Waals surface area contributed by atoms with Crippen LogP contribution in [0.4, 0.5) is 11.4 Å². The van der Waals surface area contributed by atoms with Gasteiger partial charge >= 0.3 is 5.97 Å². The Hall–Kier alpha value is -4.56. The number of aromatic amines is 1. The van der Waals surface area contributed by atoms with Crippen LogP contribution in [0, 0.1) is 0 Å². The molecule has 1 N–H and O–H groups in total. The summed E-state index contributed by atoms with van der Waals surface area (Å²) in [5.74, 6) is 0.594. The molecule has 0 saturated heterocycles. The van der Waals surface area contributed by atoms with Crippen LogP contribution in [0.15, 0.2) is 101 Å². The number of rotatable bonds is 6. The SMILES string of the molecule is CCC(OC(=O)c1ccc2nc(-c3ccc(OC)cc3)[nH]c2c1)C(=O)N1c2ccccc2Sc2ccccc21. The first-order valence-corrected chi connectivity index (χ1v) is 13.4. The number of nitrogens with one attached hydrogen (secondary N) is 1. The quantitative estimate of drug-likeness (QED) is 0.236. The molecular formula is C31H25N3O4S. The standard InChI is InChI=1S/C31H25N3O4S/c1-3-26(30(35)34-24-8-4-6-10-27(24)39-28-11-7-5-9-25(28)34)38-31(36)20-14-17-22-23(18-20)33-29(32-22)19-12-15-21(37-2)16-13-19/h4-18,26H,3H2,1-2H3,(H,32,33). The topological polar surface area (TPSA) is 84.5 Å². The van der Waals surface area contributed by atoms with Gasteiger partial charge < -0.3 is 14.5 Å². The van der Waals surface area contributed by atoms with Crippen LogP contribution in [0.5, 0.6) is 5.75 Å². The number of aromatic nitrogens is 2. The van der Waals surface area contributed by atoms with Crippen molar-refractivity contribution in [1.29, 1.82) is 0 Å². The Kier molecular flexibility index (Phi) is 6.54. The van der Waals surface area contributed by atoms with Crippen molar-refractivity contribution in [2.45, 2.75) is 29.2 Å². The number of carbonyl (C=O) groups excluding carboxylic acids is 2. The Bertz CT molecular complexity index is 1650. The normalized spacial score (nSPS) is 12.9. The number of para-hydroxylation sites is 2. The van der Waals surface area contributed by atoms with Gasteiger partial charge in [0.2, 0.25) is 0 Å². The Morgan fingerprint density at radius 3 is 2.23 bits per heavy atom. The first kappa shape index (κ1) is 24.8. The maximum Gasteiger partial charge on any atom is 0.338 e. The van der Waals surface area contributed by atoms with Gasteiger partial charge in [-0.15, -0.1) is 0 Å². The second-order valence-corrected chi connectivity index (χ2v) is 10.1. The Morgan fingerprint density at radius 1 is 0.923 bits per heavy atom. The van der Waals surface area contributed by atoms with Gasteiger partial charge in [-0.25, -0.2) is 9.78 Å². The molecule has 194 valence electrons. The summed E-state index contributed by atoms with van der Waals surface area (Å²) in [5.41, 5.74) is 4.23. The van der Waals surface area contributed by atoms with Gasteiger partial charge in [-0.05, 0) is 73.2 Å². The zero-order valence-electron chi connectivity index (χ0n) is 21.4. The molecule has 1 unspecified atom stereocenters. The molecule has 7 nitrogen and oxygen atoms in total. The number of carbonyl (C=O) groups is 2. The van der Waals surface area contributed by atoms with E-state index in [1.807, 2.05) is 79.7 Å². The van der Waals surface area contributed by atoms with Crippen LogP contribution in [0.3, 0.4) is 0 Å². The molecule has 4 aromatic carbocycles. The van der Waals surface area contributed by atoms with Crippen molar-refractivity contribution in [2.75, 3.05) is 12.0 Å². The smallest absolute Gasteiger partial charge is 0.338 e. The second kappa shape index (κ2) is 10.3. The molecule has 5 aromatic rings. The van der Waals surface area contributed by atoms with Crippen LogP contribution in [0.25, 0.3) is 22.4 Å². The number of H-pyrrole nitrogens is 1. The zero-order valence-corrected chi connectivity index (χ0v) is 22.2. The summed E-state index contributed by atoms with van der Waals surface area (Å²) in [6.45, 7) is 1.84. The van der Waals surface area contributed by atoms with E-state index < -0.39 is 12.1 Å². The van der Waals surface area contributed by atoms with Crippen molar-refractivity contribution in [3.8, 4) is 17.1 Å². The predicted molar refractivity (Wildman–Crippen MR) is 152 cm³/mol. The lowest BCUT2D eigenvalue weighted by molar-refractivity contribution is -0.126. The fourth-order valence-electron chi connectivity index (χ4n) is 4.61. The average molecular weight is 536 g/mol. The van der Waals surface area contributed by atoms with Crippen molar-refractivity contribution in [3.63, 3.8) is 0 Å². The summed E-state index contributed by atoms with van der Waals surface area (Å²) in [6, 6.07) is 28.2. The van der Waals surface area contributed by atoms with Crippen LogP contribution in [-0.2, 0) is 9.53 Å². The number of ether oxygens (including phenoxy) is 2. The Balaban J connectivity index is 1.26. The van der Waals surface area contributed by atoms with E-state index in [1.165, 1.54) is 0 Å². The summed E-state index contributed by atoms with van der Waals surface area (Å²) >= 11 is 1.62. The summed E-state index contributed by atoms with van der Waals surface area (Å²) in [5, 5.41) is 0. The van der Waals surface area contributed by atoms with E-state index in [2.05, 4.69) is 9.97 Å². The number of benzene rings is 4. The lowest BCUT2D eigenvalue weighted by Crippen LogP contribution is -2.39. The molecule has 1 aliphatic rings. The third kappa shape index (κ3) is 4.64. The third-order valence-corrected chi connectivity index (χ3v) is 7.76. The highest BCUT2D eigenvalue weighted by molar-refractivity contribution is 7.99. The molecule has 0 bridgehead atoms. The molecule has 8 heteroatoms. The summed E-state index contributed by atoms with van der Waals surface area (Å²) < 4.78 is 11.0. The van der Waals surface area contributed by atoms with Crippen LogP contribution >= 0.6 is 11.8 Å². The highest BCUT2D eigenvalue weighted by atomic mass is 32.2. The van der Waals surface area contributed by atoms with E-state index in [1.54, 1.807) is 42.0 Å². The maximum atomic E-state index is 13.9. The average Bonchev–Trinajstić information content (AvgIpc) is 3.42. The van der Waals surface area contributed by atoms with E-state index in [9.17, 15) is 9.59 Å². The lowest BCUT2D eigenvalue weighted by Gasteiger charge is -2.33. The molecule has 2 heterocycles. The number of imidazole rings is 1. The fraction of sp³-hybridized carbons (Fsp3) is 0.129.